The molecule has 94 valence electrons. The summed E-state index contributed by atoms with van der Waals surface area (Å²) in [4.78, 5) is 17.9. The minimum atomic E-state index is 0. The van der Waals surface area contributed by atoms with Crippen LogP contribution in [0.25, 0.3) is 0 Å². The van der Waals surface area contributed by atoms with Gasteiger partial charge in [0.15, 0.2) is 0 Å². The van der Waals surface area contributed by atoms with Gasteiger partial charge in [-0.3, -0.25) is 9.78 Å². The Morgan fingerprint density at radius 3 is 2.65 bits per heavy atom. The first-order valence-electron chi connectivity index (χ1n) is 5.32. The van der Waals surface area contributed by atoms with Crippen molar-refractivity contribution in [3.05, 3.63) is 28.5 Å². The molecule has 4 nitrogen and oxygen atoms in total. The second-order valence-corrected chi connectivity index (χ2v) is 4.94. The normalized spacial score (nSPS) is 16.5. The number of amides is 1. The van der Waals surface area contributed by atoms with E-state index in [1.165, 1.54) is 0 Å². The molecule has 1 saturated heterocycles. The van der Waals surface area contributed by atoms with Crippen LogP contribution in [0.3, 0.4) is 0 Å². The lowest BCUT2D eigenvalue weighted by molar-refractivity contribution is 0.0714. The Morgan fingerprint density at radius 2 is 2.06 bits per heavy atom. The molecular weight excluding hydrogens is 305 g/mol. The first kappa shape index (κ1) is 14.4. The molecule has 0 aliphatic carbocycles. The Labute approximate surface area is 115 Å². The number of hydrogen-bond acceptors (Lipinski definition) is 3. The zero-order valence-electron chi connectivity index (χ0n) is 9.30. The Balaban J connectivity index is 0.00000144. The van der Waals surface area contributed by atoms with E-state index in [1.807, 2.05) is 4.90 Å². The van der Waals surface area contributed by atoms with Gasteiger partial charge in [-0.15, -0.1) is 12.4 Å². The summed E-state index contributed by atoms with van der Waals surface area (Å²) in [7, 11) is 0. The smallest absolute Gasteiger partial charge is 0.255 e. The molecule has 17 heavy (non-hydrogen) atoms. The summed E-state index contributed by atoms with van der Waals surface area (Å²) in [5, 5.41) is 0. The van der Waals surface area contributed by atoms with Gasteiger partial charge >= 0.3 is 0 Å². The van der Waals surface area contributed by atoms with Crippen molar-refractivity contribution in [3.63, 3.8) is 0 Å². The van der Waals surface area contributed by atoms with Crippen molar-refractivity contribution in [1.82, 2.24) is 9.88 Å². The summed E-state index contributed by atoms with van der Waals surface area (Å²) in [6.07, 6.45) is 5.03. The van der Waals surface area contributed by atoms with E-state index in [-0.39, 0.29) is 24.4 Å². The molecule has 0 atom stereocenters. The Morgan fingerprint density at radius 1 is 1.41 bits per heavy atom. The molecule has 1 aliphatic heterocycles. The average Bonchev–Trinajstić information content (AvgIpc) is 2.29. The number of carbonyl (C=O) groups excluding carboxylic acids is 1. The lowest BCUT2D eigenvalue weighted by Gasteiger charge is -2.30. The van der Waals surface area contributed by atoms with Crippen LogP contribution < -0.4 is 5.73 Å². The van der Waals surface area contributed by atoms with Crippen LogP contribution >= 0.6 is 28.3 Å². The van der Waals surface area contributed by atoms with E-state index in [9.17, 15) is 4.79 Å². The topological polar surface area (TPSA) is 59.2 Å². The van der Waals surface area contributed by atoms with E-state index >= 15 is 0 Å². The zero-order valence-corrected chi connectivity index (χ0v) is 11.7. The summed E-state index contributed by atoms with van der Waals surface area (Å²) >= 11 is 3.31. The average molecular weight is 321 g/mol. The zero-order chi connectivity index (χ0) is 11.5. The number of rotatable bonds is 1. The first-order chi connectivity index (χ1) is 7.66. The Hall–Kier alpha value is -0.650. The van der Waals surface area contributed by atoms with Crippen LogP contribution in [0.4, 0.5) is 0 Å². The maximum absolute atomic E-state index is 12.1. The minimum Gasteiger partial charge on any atom is -0.338 e. The summed E-state index contributed by atoms with van der Waals surface area (Å²) in [5.41, 5.74) is 6.43. The third-order valence-corrected chi connectivity index (χ3v) is 3.21. The Bertz CT molecular complexity index is 394. The highest BCUT2D eigenvalue weighted by Crippen LogP contribution is 2.15. The monoisotopic (exact) mass is 319 g/mol. The van der Waals surface area contributed by atoms with Crippen molar-refractivity contribution in [3.8, 4) is 0 Å². The number of nitrogens with zero attached hydrogens (tertiary/aromatic N) is 2. The molecule has 1 amide bonds. The van der Waals surface area contributed by atoms with Crippen molar-refractivity contribution in [1.29, 1.82) is 0 Å². The van der Waals surface area contributed by atoms with Crippen LogP contribution in [-0.4, -0.2) is 34.9 Å². The summed E-state index contributed by atoms with van der Waals surface area (Å²) in [5.74, 6) is 0.0423. The molecular formula is C11H15BrClN3O. The SMILES string of the molecule is Cl.NC1CCN(C(=O)c2cncc(Br)c2)CC1. The van der Waals surface area contributed by atoms with Crippen molar-refractivity contribution in [2.45, 2.75) is 18.9 Å². The molecule has 1 aliphatic rings. The summed E-state index contributed by atoms with van der Waals surface area (Å²) in [6, 6.07) is 2.04. The van der Waals surface area contributed by atoms with E-state index in [0.29, 0.717) is 5.56 Å². The van der Waals surface area contributed by atoms with Gasteiger partial charge in [0, 0.05) is 36.0 Å². The molecule has 6 heteroatoms. The van der Waals surface area contributed by atoms with E-state index < -0.39 is 0 Å². The fourth-order valence-electron chi connectivity index (χ4n) is 1.81. The number of nitrogens with two attached hydrogens (primary N) is 1. The van der Waals surface area contributed by atoms with Gasteiger partial charge in [-0.1, -0.05) is 0 Å². The number of hydrogen-bond donors (Lipinski definition) is 1. The van der Waals surface area contributed by atoms with Gasteiger partial charge in [-0.2, -0.15) is 0 Å². The molecule has 2 rings (SSSR count). The van der Waals surface area contributed by atoms with Crippen molar-refractivity contribution in [2.75, 3.05) is 13.1 Å². The van der Waals surface area contributed by atoms with Gasteiger partial charge in [-0.25, -0.2) is 0 Å². The molecule has 1 aromatic rings. The van der Waals surface area contributed by atoms with E-state index in [1.54, 1.807) is 18.5 Å². The van der Waals surface area contributed by atoms with Crippen molar-refractivity contribution < 1.29 is 4.79 Å². The Kier molecular flexibility index (Phi) is 5.36. The maximum atomic E-state index is 12.1. The number of carbonyl (C=O) groups is 1. The molecule has 1 aromatic heterocycles. The van der Waals surface area contributed by atoms with Crippen LogP contribution in [0.5, 0.6) is 0 Å². The summed E-state index contributed by atoms with van der Waals surface area (Å²) in [6.45, 7) is 1.49. The second kappa shape index (κ2) is 6.33. The highest BCUT2D eigenvalue weighted by atomic mass is 79.9. The van der Waals surface area contributed by atoms with Crippen molar-refractivity contribution >= 4 is 34.2 Å². The van der Waals surface area contributed by atoms with Gasteiger partial charge in [0.05, 0.1) is 5.56 Å². The van der Waals surface area contributed by atoms with Crippen LogP contribution in [0, 0.1) is 0 Å². The highest BCUT2D eigenvalue weighted by Gasteiger charge is 2.21. The molecule has 0 spiro atoms. The van der Waals surface area contributed by atoms with Gasteiger partial charge < -0.3 is 10.6 Å². The third kappa shape index (κ3) is 3.66. The molecule has 2 N–H and O–H groups in total. The van der Waals surface area contributed by atoms with Crippen LogP contribution in [-0.2, 0) is 0 Å². The van der Waals surface area contributed by atoms with E-state index in [0.717, 1.165) is 30.4 Å². The molecule has 0 unspecified atom stereocenters. The second-order valence-electron chi connectivity index (χ2n) is 4.02. The standard InChI is InChI=1S/C11H14BrN3O.ClH/c12-9-5-8(6-14-7-9)11(16)15-3-1-10(13)2-4-15;/h5-7,10H,1-4,13H2;1H. The van der Waals surface area contributed by atoms with Gasteiger partial charge in [-0.05, 0) is 34.8 Å². The van der Waals surface area contributed by atoms with Gasteiger partial charge in [0.1, 0.15) is 0 Å². The largest absolute Gasteiger partial charge is 0.338 e. The van der Waals surface area contributed by atoms with Crippen molar-refractivity contribution in [2.24, 2.45) is 5.73 Å². The van der Waals surface area contributed by atoms with Crippen LogP contribution in [0.1, 0.15) is 23.2 Å². The third-order valence-electron chi connectivity index (χ3n) is 2.78. The van der Waals surface area contributed by atoms with Crippen LogP contribution in [0.2, 0.25) is 0 Å². The molecule has 1 fully saturated rings. The number of aromatic nitrogens is 1. The molecule has 0 aromatic carbocycles. The fraction of sp³-hybridized carbons (Fsp3) is 0.455. The first-order valence-corrected chi connectivity index (χ1v) is 6.11. The van der Waals surface area contributed by atoms with E-state index in [2.05, 4.69) is 20.9 Å². The lowest BCUT2D eigenvalue weighted by Crippen LogP contribution is -2.42. The fourth-order valence-corrected chi connectivity index (χ4v) is 2.18. The minimum absolute atomic E-state index is 0. The number of halogens is 2. The van der Waals surface area contributed by atoms with E-state index in [4.69, 9.17) is 5.73 Å². The highest BCUT2D eigenvalue weighted by molar-refractivity contribution is 9.10. The summed E-state index contributed by atoms with van der Waals surface area (Å²) < 4.78 is 0.826. The molecule has 0 radical (unpaired) electrons. The molecule has 2 heterocycles. The van der Waals surface area contributed by atoms with Gasteiger partial charge in [0.25, 0.3) is 5.91 Å². The molecule has 0 bridgehead atoms. The molecule has 0 saturated carbocycles. The lowest BCUT2D eigenvalue weighted by atomic mass is 10.1. The quantitative estimate of drug-likeness (QED) is 0.859. The predicted octanol–water partition coefficient (Wildman–Crippen LogP) is 1.83. The number of piperidine rings is 1. The van der Waals surface area contributed by atoms with Gasteiger partial charge in [0.2, 0.25) is 0 Å². The number of pyridine rings is 1. The maximum Gasteiger partial charge on any atom is 0.255 e. The van der Waals surface area contributed by atoms with Crippen LogP contribution in [0.15, 0.2) is 22.9 Å². The number of likely N-dealkylation sites (tertiary alicyclic amines) is 1. The predicted molar refractivity (Wildman–Crippen MR) is 72.3 cm³/mol.